The van der Waals surface area contributed by atoms with Crippen molar-refractivity contribution in [2.24, 2.45) is 5.73 Å². The Morgan fingerprint density at radius 1 is 1.06 bits per heavy atom. The molecule has 2 N–H and O–H groups in total. The molecular weight excluding hydrogens is 450 g/mol. The van der Waals surface area contributed by atoms with Gasteiger partial charge in [-0.25, -0.2) is 8.42 Å². The molecule has 168 valence electrons. The summed E-state index contributed by atoms with van der Waals surface area (Å²) < 4.78 is 34.8. The standard InChI is InChI=1S/C21H23N5O4S2/c22-19(27)15-31-21-24-23-20(26(21)14-16-5-2-1-3-6-16)17-7-4-8-18(13-17)32(28,29)25-9-11-30-12-10-25/h1-8,13H,9-12,14-15H2,(H2,22,27). The Morgan fingerprint density at radius 3 is 2.53 bits per heavy atom. The summed E-state index contributed by atoms with van der Waals surface area (Å²) in [5.74, 6) is 0.127. The maximum atomic E-state index is 13.1. The molecule has 1 aromatic heterocycles. The zero-order valence-corrected chi connectivity index (χ0v) is 18.9. The van der Waals surface area contributed by atoms with Gasteiger partial charge in [0, 0.05) is 18.7 Å². The van der Waals surface area contributed by atoms with Crippen molar-refractivity contribution in [2.45, 2.75) is 16.6 Å². The fourth-order valence-corrected chi connectivity index (χ4v) is 5.52. The Morgan fingerprint density at radius 2 is 1.81 bits per heavy atom. The van der Waals surface area contributed by atoms with Crippen molar-refractivity contribution in [1.82, 2.24) is 19.1 Å². The fourth-order valence-electron chi connectivity index (χ4n) is 3.38. The molecule has 1 aliphatic rings. The highest BCUT2D eigenvalue weighted by atomic mass is 32.2. The molecular formula is C21H23N5O4S2. The van der Waals surface area contributed by atoms with Crippen LogP contribution in [0.25, 0.3) is 11.4 Å². The highest BCUT2D eigenvalue weighted by Gasteiger charge is 2.27. The smallest absolute Gasteiger partial charge is 0.243 e. The maximum absolute atomic E-state index is 13.1. The first-order chi connectivity index (χ1) is 15.4. The van der Waals surface area contributed by atoms with E-state index in [1.807, 2.05) is 34.9 Å². The van der Waals surface area contributed by atoms with Crippen LogP contribution < -0.4 is 5.73 Å². The molecule has 11 heteroatoms. The van der Waals surface area contributed by atoms with Gasteiger partial charge in [0.1, 0.15) is 0 Å². The number of carbonyl (C=O) groups is 1. The number of morpholine rings is 1. The summed E-state index contributed by atoms with van der Waals surface area (Å²) >= 11 is 1.20. The molecule has 9 nitrogen and oxygen atoms in total. The predicted octanol–water partition coefficient (Wildman–Crippen LogP) is 1.59. The number of amides is 1. The van der Waals surface area contributed by atoms with E-state index in [4.69, 9.17) is 10.5 Å². The quantitative estimate of drug-likeness (QED) is 0.493. The van der Waals surface area contributed by atoms with Gasteiger partial charge in [0.25, 0.3) is 0 Å². The first-order valence-corrected chi connectivity index (χ1v) is 12.4. The van der Waals surface area contributed by atoms with Gasteiger partial charge in [-0.3, -0.25) is 9.36 Å². The third-order valence-electron chi connectivity index (χ3n) is 4.94. The summed E-state index contributed by atoms with van der Waals surface area (Å²) in [6.45, 7) is 1.87. The predicted molar refractivity (Wildman–Crippen MR) is 120 cm³/mol. The molecule has 0 unspecified atom stereocenters. The van der Waals surface area contributed by atoms with Crippen LogP contribution in [-0.2, 0) is 26.1 Å². The number of nitrogens with zero attached hydrogens (tertiary/aromatic N) is 4. The summed E-state index contributed by atoms with van der Waals surface area (Å²) in [5, 5.41) is 9.07. The number of thioether (sulfide) groups is 1. The first kappa shape index (κ1) is 22.5. The van der Waals surface area contributed by atoms with Crippen LogP contribution >= 0.6 is 11.8 Å². The van der Waals surface area contributed by atoms with Gasteiger partial charge in [-0.2, -0.15) is 4.31 Å². The second kappa shape index (κ2) is 9.82. The number of sulfonamides is 1. The van der Waals surface area contributed by atoms with E-state index >= 15 is 0 Å². The van der Waals surface area contributed by atoms with Crippen LogP contribution in [0.5, 0.6) is 0 Å². The molecule has 0 saturated carbocycles. The molecule has 32 heavy (non-hydrogen) atoms. The van der Waals surface area contributed by atoms with Crippen molar-refractivity contribution < 1.29 is 17.9 Å². The monoisotopic (exact) mass is 473 g/mol. The van der Waals surface area contributed by atoms with Crippen molar-refractivity contribution in [2.75, 3.05) is 32.1 Å². The molecule has 1 amide bonds. The molecule has 0 bridgehead atoms. The van der Waals surface area contributed by atoms with Gasteiger partial charge in [0.05, 0.1) is 30.4 Å². The van der Waals surface area contributed by atoms with E-state index in [0.29, 0.717) is 49.4 Å². The second-order valence-corrected chi connectivity index (χ2v) is 10.1. The molecule has 0 aliphatic carbocycles. The number of ether oxygens (including phenoxy) is 1. The average Bonchev–Trinajstić information content (AvgIpc) is 3.21. The second-order valence-electron chi connectivity index (χ2n) is 7.18. The van der Waals surface area contributed by atoms with E-state index in [0.717, 1.165) is 5.56 Å². The third-order valence-corrected chi connectivity index (χ3v) is 7.83. The van der Waals surface area contributed by atoms with Crippen LogP contribution in [0.1, 0.15) is 5.56 Å². The van der Waals surface area contributed by atoms with Gasteiger partial charge < -0.3 is 10.5 Å². The average molecular weight is 474 g/mol. The highest BCUT2D eigenvalue weighted by molar-refractivity contribution is 7.99. The van der Waals surface area contributed by atoms with Gasteiger partial charge in [0.2, 0.25) is 15.9 Å². The number of primary amides is 1. The molecule has 3 aromatic rings. The number of rotatable bonds is 8. The van der Waals surface area contributed by atoms with Crippen LogP contribution in [0.2, 0.25) is 0 Å². The summed E-state index contributed by atoms with van der Waals surface area (Å²) in [4.78, 5) is 11.5. The van der Waals surface area contributed by atoms with E-state index < -0.39 is 15.9 Å². The lowest BCUT2D eigenvalue weighted by atomic mass is 10.2. The van der Waals surface area contributed by atoms with E-state index in [1.165, 1.54) is 16.1 Å². The fraction of sp³-hybridized carbons (Fsp3) is 0.286. The first-order valence-electron chi connectivity index (χ1n) is 10.0. The number of hydrogen-bond donors (Lipinski definition) is 1. The molecule has 0 spiro atoms. The van der Waals surface area contributed by atoms with Crippen molar-refractivity contribution in [3.05, 3.63) is 60.2 Å². The lowest BCUT2D eigenvalue weighted by Gasteiger charge is -2.26. The van der Waals surface area contributed by atoms with Crippen molar-refractivity contribution >= 4 is 27.7 Å². The zero-order valence-electron chi connectivity index (χ0n) is 17.3. The normalized spacial score (nSPS) is 15.0. The maximum Gasteiger partial charge on any atom is 0.243 e. The Bertz CT molecular complexity index is 1190. The van der Waals surface area contributed by atoms with Crippen LogP contribution in [0.3, 0.4) is 0 Å². The number of carbonyl (C=O) groups excluding carboxylic acids is 1. The summed E-state index contributed by atoms with van der Waals surface area (Å²) in [6.07, 6.45) is 0. The third kappa shape index (κ3) is 5.01. The topological polar surface area (TPSA) is 120 Å². The lowest BCUT2D eigenvalue weighted by molar-refractivity contribution is -0.115. The van der Waals surface area contributed by atoms with E-state index in [1.54, 1.807) is 24.3 Å². The minimum Gasteiger partial charge on any atom is -0.379 e. The Kier molecular flexibility index (Phi) is 6.89. The molecule has 1 fully saturated rings. The number of aromatic nitrogens is 3. The lowest BCUT2D eigenvalue weighted by Crippen LogP contribution is -2.40. The van der Waals surface area contributed by atoms with E-state index in [2.05, 4.69) is 10.2 Å². The Hall–Kier alpha value is -2.73. The van der Waals surface area contributed by atoms with Gasteiger partial charge in [-0.1, -0.05) is 54.2 Å². The van der Waals surface area contributed by atoms with E-state index in [9.17, 15) is 13.2 Å². The summed E-state index contributed by atoms with van der Waals surface area (Å²) in [5.41, 5.74) is 6.94. The Balaban J connectivity index is 1.71. The number of benzene rings is 2. The van der Waals surface area contributed by atoms with Gasteiger partial charge in [-0.05, 0) is 17.7 Å². The van der Waals surface area contributed by atoms with Crippen molar-refractivity contribution in [3.8, 4) is 11.4 Å². The molecule has 1 saturated heterocycles. The number of hydrogen-bond acceptors (Lipinski definition) is 7. The summed E-state index contributed by atoms with van der Waals surface area (Å²) in [7, 11) is -3.65. The molecule has 0 radical (unpaired) electrons. The van der Waals surface area contributed by atoms with Crippen molar-refractivity contribution in [1.29, 1.82) is 0 Å². The van der Waals surface area contributed by atoms with E-state index in [-0.39, 0.29) is 10.6 Å². The minimum atomic E-state index is -3.65. The van der Waals surface area contributed by atoms with Gasteiger partial charge in [-0.15, -0.1) is 10.2 Å². The van der Waals surface area contributed by atoms with Crippen LogP contribution in [0, 0.1) is 0 Å². The number of nitrogens with two attached hydrogens (primary N) is 1. The van der Waals surface area contributed by atoms with Crippen LogP contribution in [0.15, 0.2) is 64.6 Å². The summed E-state index contributed by atoms with van der Waals surface area (Å²) in [6, 6.07) is 16.4. The molecule has 4 rings (SSSR count). The zero-order chi connectivity index (χ0) is 22.6. The van der Waals surface area contributed by atoms with Gasteiger partial charge >= 0.3 is 0 Å². The SMILES string of the molecule is NC(=O)CSc1nnc(-c2cccc(S(=O)(=O)N3CCOCC3)c2)n1Cc1ccccc1. The Labute approximate surface area is 190 Å². The molecule has 2 heterocycles. The largest absolute Gasteiger partial charge is 0.379 e. The van der Waals surface area contributed by atoms with Gasteiger partial charge in [0.15, 0.2) is 11.0 Å². The molecule has 2 aromatic carbocycles. The molecule has 0 atom stereocenters. The van der Waals surface area contributed by atoms with Crippen molar-refractivity contribution in [3.63, 3.8) is 0 Å². The molecule has 1 aliphatic heterocycles. The minimum absolute atomic E-state index is 0.0678. The van der Waals surface area contributed by atoms with Crippen LogP contribution in [0.4, 0.5) is 0 Å². The van der Waals surface area contributed by atoms with Crippen LogP contribution in [-0.4, -0.2) is 65.5 Å². The highest BCUT2D eigenvalue weighted by Crippen LogP contribution is 2.28.